The third-order valence-corrected chi connectivity index (χ3v) is 2.47. The van der Waals surface area contributed by atoms with E-state index in [0.717, 1.165) is 6.08 Å². The molecule has 0 aromatic heterocycles. The van der Waals surface area contributed by atoms with Gasteiger partial charge >= 0.3 is 0 Å². The second kappa shape index (κ2) is 4.24. The van der Waals surface area contributed by atoms with Crippen LogP contribution in [0.5, 0.6) is 0 Å². The number of amides is 1. The van der Waals surface area contributed by atoms with Gasteiger partial charge in [0.05, 0.1) is 4.90 Å². The van der Waals surface area contributed by atoms with Gasteiger partial charge in [-0.05, 0) is 30.3 Å². The maximum Gasteiger partial charge on any atom is 0.294 e. The number of carbonyl (C=O) groups excluding carboxylic acids is 1. The van der Waals surface area contributed by atoms with Gasteiger partial charge in [0.2, 0.25) is 5.91 Å². The van der Waals surface area contributed by atoms with Crippen molar-refractivity contribution in [2.45, 2.75) is 4.90 Å². The molecule has 1 rings (SSSR count). The first-order valence-electron chi connectivity index (χ1n) is 3.94. The Hall–Kier alpha value is -1.66. The molecular formula is C9H9NO4S. The molecule has 0 heterocycles. The van der Waals surface area contributed by atoms with E-state index in [1.54, 1.807) is 0 Å². The molecule has 1 aromatic carbocycles. The molecule has 0 fully saturated rings. The highest BCUT2D eigenvalue weighted by Gasteiger charge is 2.08. The largest absolute Gasteiger partial charge is 0.323 e. The SMILES string of the molecule is C=CC(=O)Nc1ccc(S(=O)(=O)O)cc1. The molecule has 0 spiro atoms. The van der Waals surface area contributed by atoms with E-state index in [0.29, 0.717) is 5.69 Å². The number of hydrogen-bond donors (Lipinski definition) is 2. The van der Waals surface area contributed by atoms with Crippen molar-refractivity contribution in [1.29, 1.82) is 0 Å². The average molecular weight is 227 g/mol. The second-order valence-electron chi connectivity index (χ2n) is 2.69. The van der Waals surface area contributed by atoms with E-state index in [1.807, 2.05) is 0 Å². The number of anilines is 1. The normalized spacial score (nSPS) is 10.7. The van der Waals surface area contributed by atoms with Crippen LogP contribution in [0.4, 0.5) is 5.69 Å². The van der Waals surface area contributed by atoms with Crippen LogP contribution in [0.15, 0.2) is 41.8 Å². The summed E-state index contributed by atoms with van der Waals surface area (Å²) in [4.78, 5) is 10.6. The van der Waals surface area contributed by atoms with Gasteiger partial charge in [0.1, 0.15) is 0 Å². The van der Waals surface area contributed by atoms with Gasteiger partial charge in [0, 0.05) is 5.69 Å². The van der Waals surface area contributed by atoms with Crippen LogP contribution in [0.25, 0.3) is 0 Å². The molecule has 0 aliphatic carbocycles. The molecule has 0 aliphatic rings. The Morgan fingerprint density at radius 3 is 2.27 bits per heavy atom. The molecule has 0 saturated carbocycles. The molecule has 0 unspecified atom stereocenters. The highest BCUT2D eigenvalue weighted by Crippen LogP contribution is 2.13. The topological polar surface area (TPSA) is 83.5 Å². The molecule has 0 saturated heterocycles. The first-order chi connectivity index (χ1) is 6.93. The molecule has 80 valence electrons. The van der Waals surface area contributed by atoms with E-state index < -0.39 is 16.0 Å². The van der Waals surface area contributed by atoms with Gasteiger partial charge in [-0.15, -0.1) is 0 Å². The summed E-state index contributed by atoms with van der Waals surface area (Å²) >= 11 is 0. The minimum atomic E-state index is -4.19. The summed E-state index contributed by atoms with van der Waals surface area (Å²) in [5, 5.41) is 2.44. The molecule has 1 amide bonds. The standard InChI is InChI=1S/C9H9NO4S/c1-2-9(11)10-7-3-5-8(6-4-7)15(12,13)14/h2-6H,1H2,(H,10,11)(H,12,13,14). The minimum absolute atomic E-state index is 0.223. The summed E-state index contributed by atoms with van der Waals surface area (Å²) in [6.45, 7) is 3.27. The van der Waals surface area contributed by atoms with Gasteiger partial charge in [0.25, 0.3) is 10.1 Å². The molecule has 15 heavy (non-hydrogen) atoms. The number of rotatable bonds is 3. The third kappa shape index (κ3) is 3.19. The third-order valence-electron chi connectivity index (χ3n) is 1.61. The zero-order chi connectivity index (χ0) is 11.5. The first kappa shape index (κ1) is 11.4. The van der Waals surface area contributed by atoms with Gasteiger partial charge in [-0.2, -0.15) is 8.42 Å². The molecule has 0 bridgehead atoms. The maximum absolute atomic E-state index is 10.9. The van der Waals surface area contributed by atoms with Crippen molar-refractivity contribution in [3.63, 3.8) is 0 Å². The highest BCUT2D eigenvalue weighted by atomic mass is 32.2. The Kier molecular flexibility index (Phi) is 3.23. The Labute approximate surface area is 87.2 Å². The van der Waals surface area contributed by atoms with Gasteiger partial charge < -0.3 is 5.32 Å². The van der Waals surface area contributed by atoms with Crippen molar-refractivity contribution in [3.8, 4) is 0 Å². The smallest absolute Gasteiger partial charge is 0.294 e. The van der Waals surface area contributed by atoms with Crippen LogP contribution in [0.3, 0.4) is 0 Å². The van der Waals surface area contributed by atoms with Crippen LogP contribution in [-0.2, 0) is 14.9 Å². The molecule has 5 nitrogen and oxygen atoms in total. The lowest BCUT2D eigenvalue weighted by Gasteiger charge is -2.02. The molecule has 6 heteroatoms. The summed E-state index contributed by atoms with van der Waals surface area (Å²) in [5.41, 5.74) is 0.423. The second-order valence-corrected chi connectivity index (χ2v) is 4.11. The highest BCUT2D eigenvalue weighted by molar-refractivity contribution is 7.85. The molecule has 0 aliphatic heterocycles. The monoisotopic (exact) mass is 227 g/mol. The van der Waals surface area contributed by atoms with Crippen molar-refractivity contribution in [1.82, 2.24) is 0 Å². The molecular weight excluding hydrogens is 218 g/mol. The zero-order valence-electron chi connectivity index (χ0n) is 7.67. The van der Waals surface area contributed by atoms with Crippen LogP contribution in [-0.4, -0.2) is 18.9 Å². The van der Waals surface area contributed by atoms with Gasteiger partial charge in [-0.3, -0.25) is 9.35 Å². The van der Waals surface area contributed by atoms with Crippen LogP contribution >= 0.6 is 0 Å². The first-order valence-corrected chi connectivity index (χ1v) is 5.38. The average Bonchev–Trinajstić information content (AvgIpc) is 2.17. The summed E-state index contributed by atoms with van der Waals surface area (Å²) in [6, 6.07) is 5.11. The van der Waals surface area contributed by atoms with Crippen molar-refractivity contribution < 1.29 is 17.8 Å². The van der Waals surface area contributed by atoms with E-state index in [2.05, 4.69) is 11.9 Å². The Balaban J connectivity index is 2.91. The van der Waals surface area contributed by atoms with Crippen LogP contribution in [0, 0.1) is 0 Å². The fourth-order valence-corrected chi connectivity index (χ4v) is 1.38. The quantitative estimate of drug-likeness (QED) is 0.597. The van der Waals surface area contributed by atoms with Gasteiger partial charge in [0.15, 0.2) is 0 Å². The van der Waals surface area contributed by atoms with Crippen LogP contribution in [0.2, 0.25) is 0 Å². The Morgan fingerprint density at radius 1 is 1.33 bits per heavy atom. The lowest BCUT2D eigenvalue weighted by Crippen LogP contribution is -2.07. The number of nitrogens with one attached hydrogen (secondary N) is 1. The molecule has 1 aromatic rings. The zero-order valence-corrected chi connectivity index (χ0v) is 8.49. The van der Waals surface area contributed by atoms with Crippen molar-refractivity contribution in [2.24, 2.45) is 0 Å². The molecule has 2 N–H and O–H groups in total. The number of benzene rings is 1. The Morgan fingerprint density at radius 2 is 1.87 bits per heavy atom. The summed E-state index contributed by atoms with van der Waals surface area (Å²) < 4.78 is 30.0. The van der Waals surface area contributed by atoms with Crippen LogP contribution < -0.4 is 5.32 Å². The summed E-state index contributed by atoms with van der Waals surface area (Å²) in [5.74, 6) is -0.394. The van der Waals surface area contributed by atoms with Gasteiger partial charge in [-0.1, -0.05) is 6.58 Å². The number of carbonyl (C=O) groups is 1. The summed E-state index contributed by atoms with van der Waals surface area (Å²) in [7, 11) is -4.19. The minimum Gasteiger partial charge on any atom is -0.323 e. The summed E-state index contributed by atoms with van der Waals surface area (Å²) in [6.07, 6.45) is 1.09. The van der Waals surface area contributed by atoms with Crippen molar-refractivity contribution >= 4 is 21.7 Å². The van der Waals surface area contributed by atoms with E-state index in [9.17, 15) is 13.2 Å². The van der Waals surface area contributed by atoms with Gasteiger partial charge in [-0.25, -0.2) is 0 Å². The maximum atomic E-state index is 10.9. The van der Waals surface area contributed by atoms with Crippen molar-refractivity contribution in [3.05, 3.63) is 36.9 Å². The van der Waals surface area contributed by atoms with E-state index in [-0.39, 0.29) is 4.90 Å². The van der Waals surface area contributed by atoms with E-state index >= 15 is 0 Å². The predicted octanol–water partition coefficient (Wildman–Crippen LogP) is 1.06. The molecule has 0 radical (unpaired) electrons. The van der Waals surface area contributed by atoms with Crippen LogP contribution in [0.1, 0.15) is 0 Å². The Bertz CT molecular complexity index is 475. The van der Waals surface area contributed by atoms with E-state index in [4.69, 9.17) is 4.55 Å². The lowest BCUT2D eigenvalue weighted by atomic mass is 10.3. The number of hydrogen-bond acceptors (Lipinski definition) is 3. The predicted molar refractivity (Wildman–Crippen MR) is 55.1 cm³/mol. The fourth-order valence-electron chi connectivity index (χ4n) is 0.904. The lowest BCUT2D eigenvalue weighted by molar-refractivity contribution is -0.111. The van der Waals surface area contributed by atoms with E-state index in [1.165, 1.54) is 24.3 Å². The fraction of sp³-hybridized carbons (Fsp3) is 0. The molecule has 0 atom stereocenters. The van der Waals surface area contributed by atoms with Crippen molar-refractivity contribution in [2.75, 3.05) is 5.32 Å².